The van der Waals surface area contributed by atoms with E-state index in [-0.39, 0.29) is 5.41 Å². The monoisotopic (exact) mass is 416 g/mol. The average Bonchev–Trinajstić information content (AvgIpc) is 3.00. The van der Waals surface area contributed by atoms with E-state index in [0.29, 0.717) is 0 Å². The molecule has 2 heterocycles. The lowest BCUT2D eigenvalue weighted by Gasteiger charge is -2.51. The minimum Gasteiger partial charge on any atom is -0.372 e. The van der Waals surface area contributed by atoms with E-state index in [1.807, 2.05) is 11.4 Å². The molecule has 0 radical (unpaired) electrons. The van der Waals surface area contributed by atoms with Gasteiger partial charge in [-0.2, -0.15) is 10.5 Å². The molecule has 0 aromatic heterocycles. The molecule has 0 N–H and O–H groups in total. The summed E-state index contributed by atoms with van der Waals surface area (Å²) in [6, 6.07) is 5.26. The topological polar surface area (TPSA) is 54.1 Å². The van der Waals surface area contributed by atoms with E-state index in [0.717, 1.165) is 50.3 Å². The van der Waals surface area contributed by atoms with Crippen molar-refractivity contribution in [1.82, 2.24) is 9.80 Å². The van der Waals surface area contributed by atoms with Crippen LogP contribution in [-0.2, 0) is 0 Å². The van der Waals surface area contributed by atoms with E-state index in [1.165, 1.54) is 29.6 Å². The number of hydrogen-bond donors (Lipinski definition) is 0. The quantitative estimate of drug-likeness (QED) is 0.476. The molecule has 3 aliphatic rings. The number of fused-ring (bicyclic) bond motifs is 1. The fraction of sp³-hybridized carbons (Fsp3) is 0.727. The van der Waals surface area contributed by atoms with E-state index >= 15 is 0 Å². The molecule has 0 bridgehead atoms. The molecule has 1 saturated carbocycles. The molecule has 28 heavy (non-hydrogen) atoms. The van der Waals surface area contributed by atoms with Gasteiger partial charge in [0.05, 0.1) is 28.8 Å². The summed E-state index contributed by atoms with van der Waals surface area (Å²) < 4.78 is 0. The molecule has 3 rings (SSSR count). The van der Waals surface area contributed by atoms with Gasteiger partial charge in [-0.25, -0.2) is 0 Å². The van der Waals surface area contributed by atoms with Crippen LogP contribution >= 0.6 is 18.5 Å². The molecule has 0 aromatic carbocycles. The molecule has 2 unspecified atom stereocenters. The first kappa shape index (κ1) is 21.5. The van der Waals surface area contributed by atoms with Crippen molar-refractivity contribution >= 4 is 18.5 Å². The Labute approximate surface area is 176 Å². The molecular weight excluding hydrogens is 383 g/mol. The third-order valence-corrected chi connectivity index (χ3v) is 12.3. The summed E-state index contributed by atoms with van der Waals surface area (Å²) in [4.78, 5) is 6.01. The largest absolute Gasteiger partial charge is 0.372 e. The minimum absolute atomic E-state index is 0.0697. The van der Waals surface area contributed by atoms with Gasteiger partial charge in [-0.1, -0.05) is 37.6 Å². The second kappa shape index (κ2) is 8.30. The van der Waals surface area contributed by atoms with Crippen molar-refractivity contribution in [3.05, 3.63) is 21.6 Å². The van der Waals surface area contributed by atoms with Crippen molar-refractivity contribution < 1.29 is 0 Å². The highest BCUT2D eigenvalue weighted by atomic mass is 32.7. The summed E-state index contributed by atoms with van der Waals surface area (Å²) in [5.74, 6) is 0. The predicted octanol–water partition coefficient (Wildman–Crippen LogP) is 6.01. The zero-order chi connectivity index (χ0) is 20.5. The van der Waals surface area contributed by atoms with Gasteiger partial charge in [-0.3, -0.25) is 0 Å². The summed E-state index contributed by atoms with van der Waals surface area (Å²) >= 11 is 1.90. The van der Waals surface area contributed by atoms with Crippen LogP contribution in [0.15, 0.2) is 21.6 Å². The van der Waals surface area contributed by atoms with Crippen LogP contribution in [0.1, 0.15) is 66.7 Å². The van der Waals surface area contributed by atoms with Crippen LogP contribution in [0.4, 0.5) is 0 Å². The first-order valence-electron chi connectivity index (χ1n) is 10.8. The summed E-state index contributed by atoms with van der Waals surface area (Å²) in [6.45, 7) is 14.7. The molecule has 4 nitrogen and oxygen atoms in total. The molecule has 0 aromatic rings. The highest BCUT2D eigenvalue weighted by Gasteiger charge is 2.66. The van der Waals surface area contributed by atoms with Crippen molar-refractivity contribution in [1.29, 1.82) is 10.5 Å². The fourth-order valence-electron chi connectivity index (χ4n) is 5.06. The molecule has 6 heteroatoms. The summed E-state index contributed by atoms with van der Waals surface area (Å²) in [7, 11) is -0.746. The summed E-state index contributed by atoms with van der Waals surface area (Å²) in [5.41, 5.74) is 3.35. The number of hydrogen-bond acceptors (Lipinski definition) is 5. The molecule has 2 aliphatic heterocycles. The van der Waals surface area contributed by atoms with Crippen molar-refractivity contribution in [2.75, 3.05) is 26.2 Å². The maximum atomic E-state index is 10.5. The van der Waals surface area contributed by atoms with Crippen molar-refractivity contribution in [3.8, 4) is 12.1 Å². The molecule has 0 saturated heterocycles. The Bertz CT molecular complexity index is 760. The van der Waals surface area contributed by atoms with Gasteiger partial charge in [0.2, 0.25) is 0 Å². The Morgan fingerprint density at radius 2 is 1.54 bits per heavy atom. The van der Waals surface area contributed by atoms with Crippen LogP contribution in [0, 0.1) is 28.1 Å². The summed E-state index contributed by atoms with van der Waals surface area (Å²) in [6.07, 6.45) is 6.05. The highest BCUT2D eigenvalue weighted by molar-refractivity contribution is 8.60. The Morgan fingerprint density at radius 3 is 2.00 bits per heavy atom. The lowest BCUT2D eigenvalue weighted by molar-refractivity contribution is 0.278. The minimum atomic E-state index is -0.746. The number of allylic oxidation sites excluding steroid dienone is 2. The maximum absolute atomic E-state index is 10.5. The standard InChI is InChI=1S/C22H33N4PS/c1-6-25(7-2)18-20(26(8-3)9-4)27-22(18,16-24)17(15-23)19(28-27)21(5)13-11-10-12-14-21/h6-14H2,1-5H3. The molecule has 152 valence electrons. The highest BCUT2D eigenvalue weighted by Crippen LogP contribution is 2.86. The van der Waals surface area contributed by atoms with Gasteiger partial charge >= 0.3 is 0 Å². The van der Waals surface area contributed by atoms with E-state index in [9.17, 15) is 10.5 Å². The zero-order valence-corrected chi connectivity index (χ0v) is 19.7. The van der Waals surface area contributed by atoms with Crippen molar-refractivity contribution in [2.24, 2.45) is 5.41 Å². The molecule has 2 atom stereocenters. The van der Waals surface area contributed by atoms with Gasteiger partial charge in [-0.05, 0) is 46.0 Å². The number of nitrogens with zero attached hydrogens (tertiary/aromatic N) is 4. The normalized spacial score (nSPS) is 28.3. The Hall–Kier alpha value is -1.16. The molecule has 1 fully saturated rings. The fourth-order valence-corrected chi connectivity index (χ4v) is 11.8. The number of rotatable bonds is 7. The second-order valence-electron chi connectivity index (χ2n) is 8.16. The first-order chi connectivity index (χ1) is 13.5. The van der Waals surface area contributed by atoms with Crippen LogP contribution < -0.4 is 0 Å². The van der Waals surface area contributed by atoms with E-state index < -0.39 is 12.3 Å². The van der Waals surface area contributed by atoms with Crippen molar-refractivity contribution in [3.63, 3.8) is 0 Å². The van der Waals surface area contributed by atoms with Crippen molar-refractivity contribution in [2.45, 2.75) is 71.9 Å². The molecular formula is C22H33N4PS. The van der Waals surface area contributed by atoms with Gasteiger partial charge in [0, 0.05) is 38.2 Å². The van der Waals surface area contributed by atoms with Crippen LogP contribution in [-0.4, -0.2) is 41.1 Å². The van der Waals surface area contributed by atoms with Gasteiger partial charge in [0.1, 0.15) is 0 Å². The van der Waals surface area contributed by atoms with Crippen LogP contribution in [0.5, 0.6) is 0 Å². The second-order valence-corrected chi connectivity index (χ2v) is 12.1. The van der Waals surface area contributed by atoms with Gasteiger partial charge in [-0.15, -0.1) is 0 Å². The van der Waals surface area contributed by atoms with Gasteiger partial charge in [0.15, 0.2) is 5.16 Å². The van der Waals surface area contributed by atoms with Gasteiger partial charge < -0.3 is 9.80 Å². The van der Waals surface area contributed by atoms with Crippen LogP contribution in [0.2, 0.25) is 0 Å². The smallest absolute Gasteiger partial charge is 0.169 e. The van der Waals surface area contributed by atoms with Gasteiger partial charge in [0.25, 0.3) is 0 Å². The Morgan fingerprint density at radius 1 is 0.964 bits per heavy atom. The Kier molecular flexibility index (Phi) is 6.38. The SMILES string of the molecule is CCN(CC)C1=C(N(CC)CC)C2(C#N)C(C#N)=C(C3(C)CCCCC3)SP12. The predicted molar refractivity (Wildman–Crippen MR) is 120 cm³/mol. The van der Waals surface area contributed by atoms with E-state index in [1.54, 1.807) is 0 Å². The van der Waals surface area contributed by atoms with E-state index in [4.69, 9.17) is 0 Å². The van der Waals surface area contributed by atoms with Crippen LogP contribution in [0.25, 0.3) is 0 Å². The third kappa shape index (κ3) is 2.89. The van der Waals surface area contributed by atoms with E-state index in [2.05, 4.69) is 56.6 Å². The summed E-state index contributed by atoms with van der Waals surface area (Å²) in [5, 5.41) is 20.1. The lowest BCUT2D eigenvalue weighted by Crippen LogP contribution is -2.48. The number of nitriles is 2. The third-order valence-electron chi connectivity index (χ3n) is 6.74. The molecule has 0 amide bonds. The maximum Gasteiger partial charge on any atom is 0.169 e. The molecule has 1 aliphatic carbocycles. The first-order valence-corrected chi connectivity index (χ1v) is 13.5. The average molecular weight is 417 g/mol. The molecule has 0 spiro atoms. The van der Waals surface area contributed by atoms with Crippen LogP contribution in [0.3, 0.4) is 0 Å². The zero-order valence-electron chi connectivity index (χ0n) is 18.0. The lowest BCUT2D eigenvalue weighted by atomic mass is 9.73. The Balaban J connectivity index is 2.18.